The van der Waals surface area contributed by atoms with Gasteiger partial charge in [0.25, 0.3) is 0 Å². The van der Waals surface area contributed by atoms with E-state index in [4.69, 9.17) is 5.11 Å². The van der Waals surface area contributed by atoms with Gasteiger partial charge in [0.1, 0.15) is 6.04 Å². The van der Waals surface area contributed by atoms with Gasteiger partial charge in [0, 0.05) is 18.3 Å². The molecule has 0 saturated heterocycles. The lowest BCUT2D eigenvalue weighted by atomic mass is 10.0. The summed E-state index contributed by atoms with van der Waals surface area (Å²) in [7, 11) is 1.87. The molecule has 1 atom stereocenters. The van der Waals surface area contributed by atoms with Crippen LogP contribution in [0.25, 0.3) is 0 Å². The maximum Gasteiger partial charge on any atom is 0.326 e. The number of hydrogen-bond acceptors (Lipinski definition) is 3. The number of carboxylic acid groups (broad SMARTS) is 1. The monoisotopic (exact) mass is 295 g/mol. The van der Waals surface area contributed by atoms with Gasteiger partial charge in [-0.05, 0) is 18.8 Å². The Bertz CT molecular complexity index is 520. The van der Waals surface area contributed by atoms with E-state index >= 15 is 0 Å². The highest BCUT2D eigenvalue weighted by Gasteiger charge is 2.25. The molecule has 0 bridgehead atoms. The molecule has 6 nitrogen and oxygen atoms in total. The second kappa shape index (κ2) is 7.24. The topological polar surface area (TPSA) is 84.2 Å². The maximum atomic E-state index is 12.2. The maximum absolute atomic E-state index is 12.2. The van der Waals surface area contributed by atoms with Gasteiger partial charge in [0.2, 0.25) is 5.91 Å². The third kappa shape index (κ3) is 4.06. The van der Waals surface area contributed by atoms with E-state index in [0.717, 1.165) is 29.8 Å². The summed E-state index contributed by atoms with van der Waals surface area (Å²) in [5, 5.41) is 16.2. The van der Waals surface area contributed by atoms with Gasteiger partial charge in [0.15, 0.2) is 0 Å². The number of carbonyl (C=O) groups excluding carboxylic acids is 1. The quantitative estimate of drug-likeness (QED) is 0.794. The summed E-state index contributed by atoms with van der Waals surface area (Å²) in [5.41, 5.74) is 2.85. The molecule has 0 aromatic carbocycles. The molecule has 118 valence electrons. The van der Waals surface area contributed by atoms with Gasteiger partial charge in [-0.2, -0.15) is 5.10 Å². The van der Waals surface area contributed by atoms with Crippen LogP contribution in [0.4, 0.5) is 0 Å². The van der Waals surface area contributed by atoms with Crippen molar-refractivity contribution in [2.24, 2.45) is 13.0 Å². The molecule has 0 fully saturated rings. The van der Waals surface area contributed by atoms with E-state index in [1.807, 2.05) is 20.9 Å². The molecule has 1 amide bonds. The van der Waals surface area contributed by atoms with Gasteiger partial charge in [-0.15, -0.1) is 0 Å². The van der Waals surface area contributed by atoms with Crippen LogP contribution >= 0.6 is 0 Å². The fraction of sp³-hybridized carbons (Fsp3) is 0.667. The summed E-state index contributed by atoms with van der Waals surface area (Å²) in [4.78, 5) is 23.3. The summed E-state index contributed by atoms with van der Waals surface area (Å²) in [5.74, 6) is -1.43. The fourth-order valence-corrected chi connectivity index (χ4v) is 2.49. The van der Waals surface area contributed by atoms with E-state index in [0.29, 0.717) is 0 Å². The van der Waals surface area contributed by atoms with Gasteiger partial charge in [-0.1, -0.05) is 27.7 Å². The number of hydrogen-bond donors (Lipinski definition) is 2. The van der Waals surface area contributed by atoms with Gasteiger partial charge >= 0.3 is 5.97 Å². The minimum atomic E-state index is -1.00. The number of amides is 1. The molecule has 0 aliphatic carbocycles. The highest BCUT2D eigenvalue weighted by atomic mass is 16.4. The number of aliphatic carboxylic acids is 1. The number of nitrogens with one attached hydrogen (secondary N) is 1. The normalized spacial score (nSPS) is 12.5. The minimum absolute atomic E-state index is 0.156. The van der Waals surface area contributed by atoms with E-state index in [1.165, 1.54) is 0 Å². The molecule has 2 N–H and O–H groups in total. The van der Waals surface area contributed by atoms with E-state index in [1.54, 1.807) is 18.5 Å². The lowest BCUT2D eigenvalue weighted by Gasteiger charge is -2.18. The second-order valence-corrected chi connectivity index (χ2v) is 5.51. The molecule has 1 aromatic heterocycles. The van der Waals surface area contributed by atoms with Crippen molar-refractivity contribution in [1.82, 2.24) is 15.1 Å². The van der Waals surface area contributed by atoms with Crippen molar-refractivity contribution >= 4 is 11.9 Å². The second-order valence-electron chi connectivity index (χ2n) is 5.51. The van der Waals surface area contributed by atoms with Crippen molar-refractivity contribution in [2.75, 3.05) is 0 Å². The van der Waals surface area contributed by atoms with Crippen LogP contribution in [0.2, 0.25) is 0 Å². The molecule has 0 unspecified atom stereocenters. The molecule has 6 heteroatoms. The molecule has 0 radical (unpaired) electrons. The first-order valence-electron chi connectivity index (χ1n) is 7.37. The molecule has 0 spiro atoms. The SMILES string of the molecule is CCc1nn(C)c(CC)c1CC(=O)N[C@@H](C(=O)O)C(C)C. The lowest BCUT2D eigenvalue weighted by molar-refractivity contribution is -0.143. The Morgan fingerprint density at radius 1 is 1.29 bits per heavy atom. The number of carboxylic acids is 1. The zero-order valence-electron chi connectivity index (χ0n) is 13.4. The Balaban J connectivity index is 2.90. The standard InChI is InChI=1S/C15H25N3O3/c1-6-11-10(12(7-2)18(5)17-11)8-13(19)16-14(9(3)4)15(20)21/h9,14H,6-8H2,1-5H3,(H,16,19)(H,20,21)/t14-/m1/s1. The number of aryl methyl sites for hydroxylation is 2. The van der Waals surface area contributed by atoms with Crippen molar-refractivity contribution in [3.8, 4) is 0 Å². The molecule has 0 aliphatic rings. The van der Waals surface area contributed by atoms with Crippen LogP contribution in [-0.4, -0.2) is 32.8 Å². The van der Waals surface area contributed by atoms with Crippen LogP contribution in [0.1, 0.15) is 44.6 Å². The molecular formula is C15H25N3O3. The molecule has 21 heavy (non-hydrogen) atoms. The summed E-state index contributed by atoms with van der Waals surface area (Å²) < 4.78 is 1.80. The third-order valence-electron chi connectivity index (χ3n) is 3.61. The summed E-state index contributed by atoms with van der Waals surface area (Å²) >= 11 is 0. The van der Waals surface area contributed by atoms with Crippen molar-refractivity contribution in [3.05, 3.63) is 17.0 Å². The van der Waals surface area contributed by atoms with Gasteiger partial charge in [0.05, 0.1) is 12.1 Å². The van der Waals surface area contributed by atoms with E-state index < -0.39 is 12.0 Å². The summed E-state index contributed by atoms with van der Waals surface area (Å²) in [6.45, 7) is 7.57. The van der Waals surface area contributed by atoms with E-state index in [-0.39, 0.29) is 18.2 Å². The zero-order valence-corrected chi connectivity index (χ0v) is 13.4. The van der Waals surface area contributed by atoms with Crippen molar-refractivity contribution < 1.29 is 14.7 Å². The van der Waals surface area contributed by atoms with Gasteiger partial charge in [-0.3, -0.25) is 9.48 Å². The van der Waals surface area contributed by atoms with Crippen LogP contribution in [-0.2, 0) is 35.9 Å². The smallest absolute Gasteiger partial charge is 0.326 e. The van der Waals surface area contributed by atoms with Crippen molar-refractivity contribution in [2.45, 2.75) is 53.0 Å². The number of nitrogens with zero attached hydrogens (tertiary/aromatic N) is 2. The first-order valence-corrected chi connectivity index (χ1v) is 7.37. The first kappa shape index (κ1) is 17.2. The molecular weight excluding hydrogens is 270 g/mol. The van der Waals surface area contributed by atoms with E-state index in [2.05, 4.69) is 10.4 Å². The number of carbonyl (C=O) groups is 2. The summed E-state index contributed by atoms with van der Waals surface area (Å²) in [6.07, 6.45) is 1.72. The Labute approximate surface area is 125 Å². The van der Waals surface area contributed by atoms with Gasteiger partial charge < -0.3 is 10.4 Å². The predicted octanol–water partition coefficient (Wildman–Crippen LogP) is 1.31. The molecule has 1 heterocycles. The predicted molar refractivity (Wildman–Crippen MR) is 80.1 cm³/mol. The van der Waals surface area contributed by atoms with Gasteiger partial charge in [-0.25, -0.2) is 4.79 Å². The van der Waals surface area contributed by atoms with E-state index in [9.17, 15) is 9.59 Å². The molecule has 0 aliphatic heterocycles. The lowest BCUT2D eigenvalue weighted by Crippen LogP contribution is -2.45. The van der Waals surface area contributed by atoms with Crippen LogP contribution in [0.15, 0.2) is 0 Å². The zero-order chi connectivity index (χ0) is 16.2. The molecule has 1 rings (SSSR count). The average molecular weight is 295 g/mol. The van der Waals surface area contributed by atoms with Crippen LogP contribution in [0.5, 0.6) is 0 Å². The largest absolute Gasteiger partial charge is 0.480 e. The number of rotatable bonds is 7. The van der Waals surface area contributed by atoms with Crippen LogP contribution in [0, 0.1) is 5.92 Å². The third-order valence-corrected chi connectivity index (χ3v) is 3.61. The Morgan fingerprint density at radius 2 is 1.90 bits per heavy atom. The average Bonchev–Trinajstić information content (AvgIpc) is 2.70. The highest BCUT2D eigenvalue weighted by molar-refractivity contribution is 5.85. The fourth-order valence-electron chi connectivity index (χ4n) is 2.49. The van der Waals surface area contributed by atoms with Crippen molar-refractivity contribution in [3.63, 3.8) is 0 Å². The Hall–Kier alpha value is -1.85. The Morgan fingerprint density at radius 3 is 2.33 bits per heavy atom. The highest BCUT2D eigenvalue weighted by Crippen LogP contribution is 2.16. The van der Waals surface area contributed by atoms with Crippen LogP contribution < -0.4 is 5.32 Å². The van der Waals surface area contributed by atoms with Crippen LogP contribution in [0.3, 0.4) is 0 Å². The Kier molecular flexibility index (Phi) is 5.93. The minimum Gasteiger partial charge on any atom is -0.480 e. The first-order chi connectivity index (χ1) is 9.81. The molecule has 0 saturated carbocycles. The molecule has 1 aromatic rings. The summed E-state index contributed by atoms with van der Waals surface area (Å²) in [6, 6.07) is -0.857. The van der Waals surface area contributed by atoms with Crippen molar-refractivity contribution in [1.29, 1.82) is 0 Å². The number of aromatic nitrogens is 2.